The van der Waals surface area contributed by atoms with Gasteiger partial charge in [0.1, 0.15) is 5.25 Å². The molecule has 1 aliphatic rings. The Balaban J connectivity index is 2.58. The molecule has 2 unspecified atom stereocenters. The van der Waals surface area contributed by atoms with Crippen LogP contribution in [0.2, 0.25) is 0 Å². The van der Waals surface area contributed by atoms with Gasteiger partial charge in [0.05, 0.1) is 12.7 Å². The van der Waals surface area contributed by atoms with E-state index in [9.17, 15) is 12.3 Å². The van der Waals surface area contributed by atoms with Gasteiger partial charge >= 0.3 is 10.2 Å². The van der Waals surface area contributed by atoms with Gasteiger partial charge < -0.3 is 4.74 Å². The Bertz CT molecular complexity index is 247. The Hall–Kier alpha value is -0.160. The Morgan fingerprint density at radius 1 is 1.50 bits per heavy atom. The smallest absolute Gasteiger partial charge is 0.307 e. The zero-order valence-corrected chi connectivity index (χ0v) is 7.97. The van der Waals surface area contributed by atoms with E-state index >= 15 is 0 Å². The lowest BCUT2D eigenvalue weighted by Gasteiger charge is -2.11. The minimum atomic E-state index is -4.39. The van der Waals surface area contributed by atoms with Crippen LogP contribution in [0.1, 0.15) is 20.3 Å². The summed E-state index contributed by atoms with van der Waals surface area (Å²) < 4.78 is 38.5. The van der Waals surface area contributed by atoms with Gasteiger partial charge in [0.2, 0.25) is 0 Å². The van der Waals surface area contributed by atoms with Crippen LogP contribution >= 0.6 is 0 Å². The highest BCUT2D eigenvalue weighted by molar-refractivity contribution is 7.87. The van der Waals surface area contributed by atoms with Crippen LogP contribution in [0.5, 0.6) is 0 Å². The molecule has 5 heteroatoms. The van der Waals surface area contributed by atoms with Crippen LogP contribution in [0, 0.1) is 5.92 Å². The summed E-state index contributed by atoms with van der Waals surface area (Å²) in [6.07, 6.45) is 0.178. The molecular weight excluding hydrogens is 183 g/mol. The minimum absolute atomic E-state index is 0.00167. The van der Waals surface area contributed by atoms with Gasteiger partial charge in [-0.1, -0.05) is 13.8 Å². The van der Waals surface area contributed by atoms with Crippen LogP contribution in [-0.4, -0.2) is 26.4 Å². The molecule has 0 spiro atoms. The van der Waals surface area contributed by atoms with E-state index in [0.29, 0.717) is 0 Å². The third kappa shape index (κ3) is 2.17. The van der Waals surface area contributed by atoms with Gasteiger partial charge in [-0.2, -0.15) is 8.42 Å². The van der Waals surface area contributed by atoms with Crippen molar-refractivity contribution in [2.24, 2.45) is 5.92 Å². The highest BCUT2D eigenvalue weighted by atomic mass is 32.3. The highest BCUT2D eigenvalue weighted by Crippen LogP contribution is 2.25. The van der Waals surface area contributed by atoms with E-state index in [1.54, 1.807) is 0 Å². The van der Waals surface area contributed by atoms with Crippen molar-refractivity contribution in [3.8, 4) is 0 Å². The normalized spacial score (nSPS) is 31.3. The first-order valence-corrected chi connectivity index (χ1v) is 5.41. The van der Waals surface area contributed by atoms with Gasteiger partial charge in [0.15, 0.2) is 0 Å². The van der Waals surface area contributed by atoms with Crippen molar-refractivity contribution >= 4 is 10.2 Å². The summed E-state index contributed by atoms with van der Waals surface area (Å²) in [7, 11) is -4.39. The van der Waals surface area contributed by atoms with Gasteiger partial charge in [-0.15, -0.1) is 3.89 Å². The molecule has 72 valence electrons. The summed E-state index contributed by atoms with van der Waals surface area (Å²) in [6, 6.07) is 0. The van der Waals surface area contributed by atoms with Crippen LogP contribution < -0.4 is 0 Å². The predicted octanol–water partition coefficient (Wildman–Crippen LogP) is 1.10. The zero-order valence-electron chi connectivity index (χ0n) is 7.16. The summed E-state index contributed by atoms with van der Waals surface area (Å²) in [5.41, 5.74) is 0. The second-order valence-electron chi connectivity index (χ2n) is 3.45. The predicted molar refractivity (Wildman–Crippen MR) is 43.0 cm³/mol. The van der Waals surface area contributed by atoms with E-state index < -0.39 is 15.5 Å². The summed E-state index contributed by atoms with van der Waals surface area (Å²) in [5.74, 6) is 0.247. The maximum Gasteiger partial charge on any atom is 0.307 e. The monoisotopic (exact) mass is 196 g/mol. The fourth-order valence-corrected chi connectivity index (χ4v) is 1.95. The van der Waals surface area contributed by atoms with E-state index in [1.165, 1.54) is 0 Å². The Labute approximate surface area is 72.1 Å². The van der Waals surface area contributed by atoms with Gasteiger partial charge in [-0.05, 0) is 12.3 Å². The lowest BCUT2D eigenvalue weighted by atomic mass is 10.1. The second-order valence-corrected chi connectivity index (χ2v) is 5.07. The quantitative estimate of drug-likeness (QED) is 0.621. The standard InChI is InChI=1S/C7H13FO3S/c1-5(2)7-3-6(4-11-7)12(8,9)10/h5-7H,3-4H2,1-2H3. The fraction of sp³-hybridized carbons (Fsp3) is 1.00. The van der Waals surface area contributed by atoms with E-state index in [-0.39, 0.29) is 25.0 Å². The maximum atomic E-state index is 12.4. The van der Waals surface area contributed by atoms with Crippen LogP contribution in [-0.2, 0) is 15.0 Å². The third-order valence-corrected chi connectivity index (χ3v) is 3.26. The Kier molecular flexibility index (Phi) is 2.73. The molecule has 12 heavy (non-hydrogen) atoms. The first-order chi connectivity index (χ1) is 5.41. The number of halogens is 1. The molecule has 0 aliphatic carbocycles. The molecule has 1 rings (SSSR count). The minimum Gasteiger partial charge on any atom is -0.376 e. The van der Waals surface area contributed by atoms with Crippen molar-refractivity contribution in [3.63, 3.8) is 0 Å². The largest absolute Gasteiger partial charge is 0.376 e. The lowest BCUT2D eigenvalue weighted by Crippen LogP contribution is -2.18. The van der Waals surface area contributed by atoms with Gasteiger partial charge in [0, 0.05) is 0 Å². The first kappa shape index (κ1) is 9.92. The number of ether oxygens (including phenoxy) is 1. The van der Waals surface area contributed by atoms with Gasteiger partial charge in [-0.3, -0.25) is 0 Å². The lowest BCUT2D eigenvalue weighted by molar-refractivity contribution is 0.0759. The van der Waals surface area contributed by atoms with Crippen LogP contribution in [0.15, 0.2) is 0 Å². The average molecular weight is 196 g/mol. The SMILES string of the molecule is CC(C)C1CC(S(=O)(=O)F)CO1. The number of hydrogen-bond acceptors (Lipinski definition) is 3. The van der Waals surface area contributed by atoms with E-state index in [2.05, 4.69) is 0 Å². The summed E-state index contributed by atoms with van der Waals surface area (Å²) in [6.45, 7) is 3.86. The molecule has 3 nitrogen and oxygen atoms in total. The van der Waals surface area contributed by atoms with Crippen molar-refractivity contribution in [2.75, 3.05) is 6.61 Å². The first-order valence-electron chi connectivity index (χ1n) is 3.96. The molecule has 1 fully saturated rings. The summed E-state index contributed by atoms with van der Waals surface area (Å²) in [4.78, 5) is 0. The van der Waals surface area contributed by atoms with Crippen LogP contribution in [0.4, 0.5) is 3.89 Å². The molecule has 2 atom stereocenters. The van der Waals surface area contributed by atoms with E-state index in [1.807, 2.05) is 13.8 Å². The molecule has 0 aromatic rings. The second kappa shape index (κ2) is 3.30. The summed E-state index contributed by atoms with van der Waals surface area (Å²) in [5, 5.41) is -0.940. The molecule has 0 bridgehead atoms. The Morgan fingerprint density at radius 2 is 2.08 bits per heavy atom. The topological polar surface area (TPSA) is 43.4 Å². The third-order valence-electron chi connectivity index (χ3n) is 2.13. The van der Waals surface area contributed by atoms with Crippen molar-refractivity contribution in [2.45, 2.75) is 31.6 Å². The average Bonchev–Trinajstić information content (AvgIpc) is 2.30. The van der Waals surface area contributed by atoms with E-state index in [4.69, 9.17) is 4.74 Å². The Morgan fingerprint density at radius 3 is 2.33 bits per heavy atom. The van der Waals surface area contributed by atoms with Crippen molar-refractivity contribution in [1.82, 2.24) is 0 Å². The number of rotatable bonds is 2. The maximum absolute atomic E-state index is 12.4. The van der Waals surface area contributed by atoms with Crippen molar-refractivity contribution in [3.05, 3.63) is 0 Å². The molecule has 0 N–H and O–H groups in total. The molecule has 0 radical (unpaired) electrons. The van der Waals surface area contributed by atoms with E-state index in [0.717, 1.165) is 0 Å². The van der Waals surface area contributed by atoms with Crippen LogP contribution in [0.3, 0.4) is 0 Å². The van der Waals surface area contributed by atoms with Crippen LogP contribution in [0.25, 0.3) is 0 Å². The molecule has 0 amide bonds. The molecule has 0 aromatic heterocycles. The molecule has 0 saturated carbocycles. The molecule has 1 aliphatic heterocycles. The van der Waals surface area contributed by atoms with Gasteiger partial charge in [-0.25, -0.2) is 0 Å². The number of hydrogen-bond donors (Lipinski definition) is 0. The molecular formula is C7H13FO3S. The van der Waals surface area contributed by atoms with Gasteiger partial charge in [0.25, 0.3) is 0 Å². The van der Waals surface area contributed by atoms with Crippen molar-refractivity contribution < 1.29 is 17.0 Å². The fourth-order valence-electron chi connectivity index (χ4n) is 1.29. The highest BCUT2D eigenvalue weighted by Gasteiger charge is 2.36. The molecule has 1 heterocycles. The summed E-state index contributed by atoms with van der Waals surface area (Å²) >= 11 is 0. The molecule has 0 aromatic carbocycles. The zero-order chi connectivity index (χ0) is 9.35. The molecule has 1 saturated heterocycles. The van der Waals surface area contributed by atoms with Crippen molar-refractivity contribution in [1.29, 1.82) is 0 Å².